The van der Waals surface area contributed by atoms with E-state index in [1.54, 1.807) is 0 Å². The van der Waals surface area contributed by atoms with Crippen molar-refractivity contribution in [3.8, 4) is 5.75 Å². The van der Waals surface area contributed by atoms with E-state index in [-0.39, 0.29) is 6.04 Å². The monoisotopic (exact) mass is 339 g/mol. The lowest BCUT2D eigenvalue weighted by molar-refractivity contribution is 0.0562. The normalized spacial score (nSPS) is 27.1. The van der Waals surface area contributed by atoms with Crippen LogP contribution < -0.4 is 10.5 Å². The maximum atomic E-state index is 6.21. The summed E-state index contributed by atoms with van der Waals surface area (Å²) in [5.74, 6) is 1.67. The van der Waals surface area contributed by atoms with Crippen molar-refractivity contribution in [2.45, 2.75) is 59.1 Å². The number of hydrogen-bond acceptors (Lipinski definition) is 2. The zero-order chi connectivity index (χ0) is 14.9. The second-order valence-corrected chi connectivity index (χ2v) is 7.98. The summed E-state index contributed by atoms with van der Waals surface area (Å²) in [6.07, 6.45) is 3.89. The molecule has 1 aromatic rings. The van der Waals surface area contributed by atoms with E-state index in [1.165, 1.54) is 6.42 Å². The Morgan fingerprint density at radius 3 is 2.60 bits per heavy atom. The Morgan fingerprint density at radius 2 is 2.05 bits per heavy atom. The van der Waals surface area contributed by atoms with Crippen LogP contribution in [0.25, 0.3) is 0 Å². The highest BCUT2D eigenvalue weighted by molar-refractivity contribution is 9.10. The van der Waals surface area contributed by atoms with E-state index in [4.69, 9.17) is 10.5 Å². The van der Waals surface area contributed by atoms with Gasteiger partial charge in [-0.25, -0.2) is 0 Å². The Bertz CT molecular complexity index is 470. The molecule has 0 spiro atoms. The van der Waals surface area contributed by atoms with Gasteiger partial charge in [-0.1, -0.05) is 42.8 Å². The predicted molar refractivity (Wildman–Crippen MR) is 88.0 cm³/mol. The van der Waals surface area contributed by atoms with Gasteiger partial charge in [0.05, 0.1) is 6.10 Å². The predicted octanol–water partition coefficient (Wildman–Crippen LogP) is 5.06. The quantitative estimate of drug-likeness (QED) is 0.834. The van der Waals surface area contributed by atoms with Gasteiger partial charge in [0.25, 0.3) is 0 Å². The SMILES string of the molecule is CC1CC(Oc2ccc([C@@H](C)N)c(Br)c2)CC(C)(C)C1. The van der Waals surface area contributed by atoms with Crippen LogP contribution in [0.15, 0.2) is 22.7 Å². The molecular formula is C17H26BrNO. The number of ether oxygens (including phenoxy) is 1. The van der Waals surface area contributed by atoms with E-state index < -0.39 is 0 Å². The zero-order valence-electron chi connectivity index (χ0n) is 12.9. The molecule has 0 amide bonds. The number of nitrogens with two attached hydrogens (primary N) is 1. The van der Waals surface area contributed by atoms with Crippen molar-refractivity contribution in [3.63, 3.8) is 0 Å². The molecule has 0 saturated heterocycles. The van der Waals surface area contributed by atoms with Gasteiger partial charge in [0.2, 0.25) is 0 Å². The molecule has 3 heteroatoms. The average molecular weight is 340 g/mol. The van der Waals surface area contributed by atoms with Gasteiger partial charge < -0.3 is 10.5 Å². The summed E-state index contributed by atoms with van der Waals surface area (Å²) in [6, 6.07) is 6.18. The van der Waals surface area contributed by atoms with Crippen molar-refractivity contribution < 1.29 is 4.74 Å². The van der Waals surface area contributed by atoms with E-state index in [0.717, 1.165) is 34.5 Å². The van der Waals surface area contributed by atoms with Crippen LogP contribution in [0.4, 0.5) is 0 Å². The van der Waals surface area contributed by atoms with E-state index in [2.05, 4.69) is 42.8 Å². The van der Waals surface area contributed by atoms with E-state index >= 15 is 0 Å². The molecule has 1 fully saturated rings. The summed E-state index contributed by atoms with van der Waals surface area (Å²) >= 11 is 3.59. The standard InChI is InChI=1S/C17H26BrNO/c1-11-7-14(10-17(3,4)9-11)20-13-5-6-15(12(2)19)16(18)8-13/h5-6,8,11-12,14H,7,9-10,19H2,1-4H3/t11?,12-,14?/m1/s1. The largest absolute Gasteiger partial charge is 0.490 e. The minimum absolute atomic E-state index is 0.0343. The molecule has 2 unspecified atom stereocenters. The van der Waals surface area contributed by atoms with E-state index in [0.29, 0.717) is 11.5 Å². The third-order valence-corrected chi connectivity index (χ3v) is 4.80. The van der Waals surface area contributed by atoms with Crippen LogP contribution in [0.2, 0.25) is 0 Å². The zero-order valence-corrected chi connectivity index (χ0v) is 14.5. The number of halogens is 1. The van der Waals surface area contributed by atoms with Gasteiger partial charge in [-0.05, 0) is 55.2 Å². The summed E-state index contributed by atoms with van der Waals surface area (Å²) in [5, 5.41) is 0. The minimum atomic E-state index is 0.0343. The molecule has 1 aliphatic rings. The first kappa shape index (κ1) is 15.8. The molecule has 0 heterocycles. The smallest absolute Gasteiger partial charge is 0.120 e. The summed E-state index contributed by atoms with van der Waals surface area (Å²) in [4.78, 5) is 0. The average Bonchev–Trinajstić information content (AvgIpc) is 2.25. The maximum Gasteiger partial charge on any atom is 0.120 e. The molecule has 0 aromatic heterocycles. The number of benzene rings is 1. The fraction of sp³-hybridized carbons (Fsp3) is 0.647. The minimum Gasteiger partial charge on any atom is -0.490 e. The molecule has 3 atom stereocenters. The molecule has 2 rings (SSSR count). The van der Waals surface area contributed by atoms with E-state index in [1.807, 2.05) is 19.1 Å². The van der Waals surface area contributed by atoms with Gasteiger partial charge >= 0.3 is 0 Å². The summed E-state index contributed by atoms with van der Waals surface area (Å²) < 4.78 is 7.24. The van der Waals surface area contributed by atoms with Gasteiger partial charge in [-0.2, -0.15) is 0 Å². The van der Waals surface area contributed by atoms with Crippen LogP contribution in [0, 0.1) is 11.3 Å². The third kappa shape index (κ3) is 3.98. The van der Waals surface area contributed by atoms with Gasteiger partial charge in [-0.15, -0.1) is 0 Å². The lowest BCUT2D eigenvalue weighted by Crippen LogP contribution is -2.34. The molecule has 0 radical (unpaired) electrons. The van der Waals surface area contributed by atoms with Crippen molar-refractivity contribution in [1.82, 2.24) is 0 Å². The van der Waals surface area contributed by atoms with Gasteiger partial charge in [0, 0.05) is 10.5 Å². The Labute approximate surface area is 131 Å². The molecule has 112 valence electrons. The van der Waals surface area contributed by atoms with Crippen molar-refractivity contribution in [2.75, 3.05) is 0 Å². The number of rotatable bonds is 3. The van der Waals surface area contributed by atoms with Crippen LogP contribution in [-0.4, -0.2) is 6.10 Å². The molecule has 0 aliphatic heterocycles. The Kier molecular flexibility index (Phi) is 4.80. The molecule has 0 bridgehead atoms. The van der Waals surface area contributed by atoms with Crippen LogP contribution in [0.1, 0.15) is 58.6 Å². The topological polar surface area (TPSA) is 35.2 Å². The van der Waals surface area contributed by atoms with Crippen LogP contribution >= 0.6 is 15.9 Å². The first-order chi connectivity index (χ1) is 9.27. The molecule has 1 aromatic carbocycles. The Balaban J connectivity index is 2.08. The highest BCUT2D eigenvalue weighted by Gasteiger charge is 2.33. The van der Waals surface area contributed by atoms with E-state index in [9.17, 15) is 0 Å². The van der Waals surface area contributed by atoms with Crippen molar-refractivity contribution in [2.24, 2.45) is 17.1 Å². The lowest BCUT2D eigenvalue weighted by atomic mass is 9.71. The third-order valence-electron chi connectivity index (χ3n) is 4.11. The number of hydrogen-bond donors (Lipinski definition) is 1. The molecule has 1 saturated carbocycles. The highest BCUT2D eigenvalue weighted by Crippen LogP contribution is 2.40. The Hall–Kier alpha value is -0.540. The van der Waals surface area contributed by atoms with Crippen LogP contribution in [-0.2, 0) is 0 Å². The fourth-order valence-corrected chi connectivity index (χ4v) is 4.21. The summed E-state index contributed by atoms with van der Waals surface area (Å²) in [6.45, 7) is 9.00. The van der Waals surface area contributed by atoms with Crippen molar-refractivity contribution in [1.29, 1.82) is 0 Å². The van der Waals surface area contributed by atoms with Crippen molar-refractivity contribution in [3.05, 3.63) is 28.2 Å². The van der Waals surface area contributed by atoms with Gasteiger partial charge in [0.1, 0.15) is 5.75 Å². The first-order valence-electron chi connectivity index (χ1n) is 7.48. The van der Waals surface area contributed by atoms with Crippen LogP contribution in [0.5, 0.6) is 5.75 Å². The molecular weight excluding hydrogens is 314 g/mol. The summed E-state index contributed by atoms with van der Waals surface area (Å²) in [5.41, 5.74) is 7.43. The molecule has 20 heavy (non-hydrogen) atoms. The van der Waals surface area contributed by atoms with Gasteiger partial charge in [0.15, 0.2) is 0 Å². The van der Waals surface area contributed by atoms with Crippen molar-refractivity contribution >= 4 is 15.9 Å². The van der Waals surface area contributed by atoms with Gasteiger partial charge in [-0.3, -0.25) is 0 Å². The second kappa shape index (κ2) is 6.07. The first-order valence-corrected chi connectivity index (χ1v) is 8.28. The summed E-state index contributed by atoms with van der Waals surface area (Å²) in [7, 11) is 0. The maximum absolute atomic E-state index is 6.21. The molecule has 2 N–H and O–H groups in total. The molecule has 1 aliphatic carbocycles. The van der Waals surface area contributed by atoms with Crippen LogP contribution in [0.3, 0.4) is 0 Å². The highest BCUT2D eigenvalue weighted by atomic mass is 79.9. The fourth-order valence-electron chi connectivity index (χ4n) is 3.49. The molecule has 2 nitrogen and oxygen atoms in total. The lowest BCUT2D eigenvalue weighted by Gasteiger charge is -2.38. The second-order valence-electron chi connectivity index (χ2n) is 7.13. The Morgan fingerprint density at radius 1 is 1.35 bits per heavy atom.